The van der Waals surface area contributed by atoms with Gasteiger partial charge in [-0.2, -0.15) is 0 Å². The quantitative estimate of drug-likeness (QED) is 0.365. The highest BCUT2D eigenvalue weighted by Crippen LogP contribution is 2.63. The Balaban J connectivity index is 1.49. The van der Waals surface area contributed by atoms with Crippen LogP contribution in [0.5, 0.6) is 0 Å². The third kappa shape index (κ3) is 3.21. The van der Waals surface area contributed by atoms with Gasteiger partial charge in [-0.3, -0.25) is 0 Å². The van der Waals surface area contributed by atoms with Crippen LogP contribution in [-0.4, -0.2) is 11.9 Å². The summed E-state index contributed by atoms with van der Waals surface area (Å²) >= 11 is 0. The number of carbonyl (C=O) groups excluding carboxylic acids is 2. The minimum Gasteiger partial charge on any atom is -0.414 e. The van der Waals surface area contributed by atoms with Crippen LogP contribution in [0.3, 0.4) is 0 Å². The van der Waals surface area contributed by atoms with Gasteiger partial charge >= 0.3 is 11.9 Å². The van der Waals surface area contributed by atoms with Gasteiger partial charge in [0.25, 0.3) is 5.79 Å². The lowest BCUT2D eigenvalue weighted by atomic mass is 9.58. The second kappa shape index (κ2) is 7.84. The summed E-state index contributed by atoms with van der Waals surface area (Å²) in [5, 5.41) is 0. The second-order valence-corrected chi connectivity index (χ2v) is 9.35. The molecule has 0 bridgehead atoms. The van der Waals surface area contributed by atoms with E-state index < -0.39 is 23.1 Å². The van der Waals surface area contributed by atoms with E-state index in [1.807, 2.05) is 97.1 Å². The smallest absolute Gasteiger partial charge is 0.337 e. The van der Waals surface area contributed by atoms with Crippen LogP contribution in [0.4, 0.5) is 0 Å². The number of esters is 2. The third-order valence-electron chi connectivity index (χ3n) is 7.28. The van der Waals surface area contributed by atoms with Gasteiger partial charge in [0.05, 0.1) is 5.41 Å². The van der Waals surface area contributed by atoms with Crippen LogP contribution in [0.15, 0.2) is 96.1 Å². The normalized spacial score (nSPS) is 27.9. The zero-order valence-electron chi connectivity index (χ0n) is 18.7. The van der Waals surface area contributed by atoms with Gasteiger partial charge in [-0.1, -0.05) is 84.9 Å². The summed E-state index contributed by atoms with van der Waals surface area (Å²) in [6.45, 7) is 0. The Morgan fingerprint density at radius 2 is 1.15 bits per heavy atom. The number of hydrogen-bond donors (Lipinski definition) is 0. The summed E-state index contributed by atoms with van der Waals surface area (Å²) in [4.78, 5) is 26.6. The molecule has 2 saturated heterocycles. The molecule has 0 radical (unpaired) electrons. The number of aryl methyl sites for hydroxylation is 1. The summed E-state index contributed by atoms with van der Waals surface area (Å²) in [5.74, 6) is -2.27. The molecule has 2 heterocycles. The third-order valence-corrected chi connectivity index (χ3v) is 7.28. The fraction of sp³-hybridized carbons (Fsp3) is 0.200. The van der Waals surface area contributed by atoms with E-state index >= 15 is 0 Å². The van der Waals surface area contributed by atoms with Crippen molar-refractivity contribution in [1.29, 1.82) is 0 Å². The van der Waals surface area contributed by atoms with Gasteiger partial charge in [-0.25, -0.2) is 9.59 Å². The first-order valence-corrected chi connectivity index (χ1v) is 11.6. The monoisotopic (exact) mass is 448 g/mol. The number of benzene rings is 3. The molecule has 4 nitrogen and oxygen atoms in total. The van der Waals surface area contributed by atoms with E-state index in [4.69, 9.17) is 9.47 Å². The van der Waals surface area contributed by atoms with E-state index in [0.717, 1.165) is 35.1 Å². The van der Waals surface area contributed by atoms with E-state index in [9.17, 15) is 9.59 Å². The summed E-state index contributed by atoms with van der Waals surface area (Å²) < 4.78 is 12.4. The number of hydrogen-bond acceptors (Lipinski definition) is 4. The first kappa shape index (κ1) is 20.7. The predicted molar refractivity (Wildman–Crippen MR) is 129 cm³/mol. The molecule has 3 aliphatic rings. The average molecular weight is 449 g/mol. The lowest BCUT2D eigenvalue weighted by molar-refractivity contribution is -0.301. The van der Waals surface area contributed by atoms with Crippen molar-refractivity contribution >= 4 is 24.1 Å². The van der Waals surface area contributed by atoms with Crippen LogP contribution in [0.25, 0.3) is 12.2 Å². The lowest BCUT2D eigenvalue weighted by Gasteiger charge is -2.56. The van der Waals surface area contributed by atoms with E-state index in [1.165, 1.54) is 0 Å². The first-order chi connectivity index (χ1) is 16.6. The van der Waals surface area contributed by atoms with Gasteiger partial charge in [-0.05, 0) is 54.5 Å². The van der Waals surface area contributed by atoms with Crippen molar-refractivity contribution in [2.24, 2.45) is 5.41 Å². The van der Waals surface area contributed by atoms with Crippen molar-refractivity contribution in [3.8, 4) is 0 Å². The van der Waals surface area contributed by atoms with Crippen molar-refractivity contribution in [2.45, 2.75) is 31.5 Å². The van der Waals surface area contributed by atoms with Gasteiger partial charge < -0.3 is 9.47 Å². The molecule has 0 amide bonds. The largest absolute Gasteiger partial charge is 0.414 e. The number of carbonyl (C=O) groups is 2. The van der Waals surface area contributed by atoms with E-state index in [2.05, 4.69) is 0 Å². The van der Waals surface area contributed by atoms with Crippen molar-refractivity contribution in [1.82, 2.24) is 0 Å². The summed E-state index contributed by atoms with van der Waals surface area (Å²) in [7, 11) is 0. The van der Waals surface area contributed by atoms with Crippen molar-refractivity contribution < 1.29 is 19.1 Å². The Bertz CT molecular complexity index is 1260. The number of rotatable bonds is 2. The number of fused-ring (bicyclic) bond motifs is 1. The van der Waals surface area contributed by atoms with Crippen molar-refractivity contribution in [2.75, 3.05) is 0 Å². The molecular weight excluding hydrogens is 424 g/mol. The second-order valence-electron chi connectivity index (χ2n) is 9.35. The lowest BCUT2D eigenvalue weighted by Crippen LogP contribution is -2.60. The Kier molecular flexibility index (Phi) is 4.77. The van der Waals surface area contributed by atoms with Crippen molar-refractivity contribution in [3.63, 3.8) is 0 Å². The minimum atomic E-state index is -1.40. The summed E-state index contributed by atoms with van der Waals surface area (Å²) in [6.07, 6.45) is 6.35. The maximum absolute atomic E-state index is 13.3. The van der Waals surface area contributed by atoms with Crippen LogP contribution >= 0.6 is 0 Å². The molecule has 1 aliphatic carbocycles. The molecule has 34 heavy (non-hydrogen) atoms. The Hall–Kier alpha value is -3.92. The van der Waals surface area contributed by atoms with Gasteiger partial charge in [-0.15, -0.1) is 0 Å². The van der Waals surface area contributed by atoms with Gasteiger partial charge in [0.15, 0.2) is 0 Å². The Labute approximate surface area is 198 Å². The molecule has 2 aliphatic heterocycles. The molecule has 6 rings (SSSR count). The molecule has 0 saturated carbocycles. The molecule has 0 unspecified atom stereocenters. The molecule has 0 spiro atoms. The SMILES string of the molecule is O=C1OC23OC(=O)C(=Cc4ccccc4)CC2(CCc2ccccc23)CC1=Cc1ccccc1. The summed E-state index contributed by atoms with van der Waals surface area (Å²) in [6, 6.07) is 27.4. The predicted octanol–water partition coefficient (Wildman–Crippen LogP) is 5.83. The molecule has 3 aromatic carbocycles. The molecule has 0 N–H and O–H groups in total. The fourth-order valence-corrected chi connectivity index (χ4v) is 5.69. The molecule has 0 atom stereocenters. The molecule has 2 fully saturated rings. The van der Waals surface area contributed by atoms with E-state index in [1.54, 1.807) is 0 Å². The average Bonchev–Trinajstić information content (AvgIpc) is 2.86. The van der Waals surface area contributed by atoms with Crippen LogP contribution in [0, 0.1) is 5.41 Å². The molecule has 0 aromatic heterocycles. The van der Waals surface area contributed by atoms with Crippen LogP contribution < -0.4 is 0 Å². The number of ether oxygens (including phenoxy) is 2. The Morgan fingerprint density at radius 3 is 1.71 bits per heavy atom. The molecule has 168 valence electrons. The topological polar surface area (TPSA) is 52.6 Å². The highest BCUT2D eigenvalue weighted by Gasteiger charge is 2.67. The zero-order valence-corrected chi connectivity index (χ0v) is 18.7. The molecule has 4 heteroatoms. The first-order valence-electron chi connectivity index (χ1n) is 11.6. The minimum absolute atomic E-state index is 0.431. The van der Waals surface area contributed by atoms with Crippen molar-refractivity contribution in [3.05, 3.63) is 118 Å². The maximum atomic E-state index is 13.3. The zero-order chi connectivity index (χ0) is 23.2. The highest BCUT2D eigenvalue weighted by atomic mass is 16.7. The van der Waals surface area contributed by atoms with Crippen LogP contribution in [-0.2, 0) is 31.3 Å². The fourth-order valence-electron chi connectivity index (χ4n) is 5.69. The van der Waals surface area contributed by atoms with Crippen LogP contribution in [0.2, 0.25) is 0 Å². The molecular formula is C30H24O4. The van der Waals surface area contributed by atoms with Gasteiger partial charge in [0, 0.05) is 16.7 Å². The van der Waals surface area contributed by atoms with Gasteiger partial charge in [0.1, 0.15) is 0 Å². The summed E-state index contributed by atoms with van der Waals surface area (Å²) in [5.41, 5.74) is 4.40. The highest BCUT2D eigenvalue weighted by molar-refractivity contribution is 5.98. The maximum Gasteiger partial charge on any atom is 0.337 e. The standard InChI is InChI=1S/C30H24O4/c31-27-24(17-21-9-3-1-4-10-21)19-29-16-15-23-13-7-8-14-26(23)30(29,33-27)34-28(32)25(20-29)18-22-11-5-2-6-12-22/h1-14,17-18H,15-16,19-20H2. The van der Waals surface area contributed by atoms with E-state index in [-0.39, 0.29) is 0 Å². The van der Waals surface area contributed by atoms with Gasteiger partial charge in [0.2, 0.25) is 0 Å². The van der Waals surface area contributed by atoms with Crippen LogP contribution in [0.1, 0.15) is 41.5 Å². The molecule has 3 aromatic rings. The Morgan fingerprint density at radius 1 is 0.647 bits per heavy atom. The van der Waals surface area contributed by atoms with E-state index in [0.29, 0.717) is 24.0 Å².